The van der Waals surface area contributed by atoms with Crippen LogP contribution in [-0.2, 0) is 16.2 Å². The van der Waals surface area contributed by atoms with Gasteiger partial charge in [-0.05, 0) is 49.2 Å². The number of halogens is 6. The SMILES string of the molecule is O=C(NO)c1c(S(=O)(=O)N2CCC(Oc3ccc(OC(F)(F)F)cc3)CC2)ccc2nc(C(F)(F)F)[nH]c12. The molecule has 0 spiro atoms. The van der Waals surface area contributed by atoms with Crippen LogP contribution in [0.1, 0.15) is 29.0 Å². The summed E-state index contributed by atoms with van der Waals surface area (Å²) < 4.78 is 113. The summed E-state index contributed by atoms with van der Waals surface area (Å²) in [6.07, 6.45) is -9.93. The third kappa shape index (κ3) is 5.78. The molecule has 1 saturated heterocycles. The third-order valence-electron chi connectivity index (χ3n) is 5.60. The first-order chi connectivity index (χ1) is 17.7. The van der Waals surface area contributed by atoms with Crippen molar-refractivity contribution in [1.29, 1.82) is 0 Å². The van der Waals surface area contributed by atoms with E-state index in [-0.39, 0.29) is 37.2 Å². The average Bonchev–Trinajstić information content (AvgIpc) is 3.29. The molecule has 2 heterocycles. The molecule has 10 nitrogen and oxygen atoms in total. The van der Waals surface area contributed by atoms with Crippen molar-refractivity contribution < 1.29 is 54.2 Å². The van der Waals surface area contributed by atoms with Crippen molar-refractivity contribution in [1.82, 2.24) is 19.8 Å². The van der Waals surface area contributed by atoms with Gasteiger partial charge in [0.25, 0.3) is 5.91 Å². The van der Waals surface area contributed by atoms with Crippen LogP contribution in [-0.4, -0.2) is 59.4 Å². The number of aromatic amines is 1. The highest BCUT2D eigenvalue weighted by Crippen LogP contribution is 2.33. The van der Waals surface area contributed by atoms with E-state index in [1.807, 2.05) is 4.98 Å². The summed E-state index contributed by atoms with van der Waals surface area (Å²) in [6.45, 7) is -0.200. The van der Waals surface area contributed by atoms with E-state index in [0.29, 0.717) is 0 Å². The Morgan fingerprint density at radius 1 is 1.03 bits per heavy atom. The third-order valence-corrected chi connectivity index (χ3v) is 7.54. The number of carbonyl (C=O) groups is 1. The number of ether oxygens (including phenoxy) is 2. The molecule has 38 heavy (non-hydrogen) atoms. The smallest absolute Gasteiger partial charge is 0.490 e. The van der Waals surface area contributed by atoms with Crippen molar-refractivity contribution in [2.75, 3.05) is 13.1 Å². The van der Waals surface area contributed by atoms with Crippen molar-refractivity contribution in [2.45, 2.75) is 36.4 Å². The van der Waals surface area contributed by atoms with Crippen molar-refractivity contribution in [3.05, 3.63) is 47.8 Å². The van der Waals surface area contributed by atoms with Crippen LogP contribution in [0.25, 0.3) is 11.0 Å². The van der Waals surface area contributed by atoms with Crippen LogP contribution in [0.15, 0.2) is 41.3 Å². The largest absolute Gasteiger partial charge is 0.573 e. The fourth-order valence-electron chi connectivity index (χ4n) is 3.93. The molecule has 17 heteroatoms. The second-order valence-corrected chi connectivity index (χ2v) is 10.0. The number of piperidine rings is 1. The maximum atomic E-state index is 13.4. The van der Waals surface area contributed by atoms with Crippen molar-refractivity contribution in [2.24, 2.45) is 0 Å². The molecular weight excluding hydrogens is 550 g/mol. The molecule has 0 atom stereocenters. The number of rotatable bonds is 6. The maximum absolute atomic E-state index is 13.4. The number of imidazole rings is 1. The Bertz CT molecular complexity index is 1430. The minimum atomic E-state index is -4.90. The second kappa shape index (κ2) is 9.95. The number of carbonyl (C=O) groups excluding carboxylic acids is 1. The number of sulfonamides is 1. The van der Waals surface area contributed by atoms with Crippen LogP contribution in [0.2, 0.25) is 0 Å². The van der Waals surface area contributed by atoms with Gasteiger partial charge in [0.1, 0.15) is 17.6 Å². The van der Waals surface area contributed by atoms with Crippen molar-refractivity contribution >= 4 is 27.0 Å². The molecule has 1 aliphatic heterocycles. The number of hydrogen-bond acceptors (Lipinski definition) is 7. The number of aromatic nitrogens is 2. The molecule has 0 unspecified atom stereocenters. The van der Waals surface area contributed by atoms with E-state index in [0.717, 1.165) is 28.6 Å². The minimum Gasteiger partial charge on any atom is -0.490 e. The maximum Gasteiger partial charge on any atom is 0.573 e. The fourth-order valence-corrected chi connectivity index (χ4v) is 5.59. The molecule has 0 bridgehead atoms. The first-order valence-corrected chi connectivity index (χ1v) is 12.2. The molecule has 0 radical (unpaired) electrons. The second-order valence-electron chi connectivity index (χ2n) is 8.10. The summed E-state index contributed by atoms with van der Waals surface area (Å²) in [4.78, 5) is 16.9. The monoisotopic (exact) mass is 568 g/mol. The minimum absolute atomic E-state index is 0.0999. The highest BCUT2D eigenvalue weighted by molar-refractivity contribution is 7.89. The molecule has 1 fully saturated rings. The highest BCUT2D eigenvalue weighted by Gasteiger charge is 2.38. The van der Waals surface area contributed by atoms with Gasteiger partial charge in [-0.2, -0.15) is 17.5 Å². The normalized spacial score (nSPS) is 16.0. The van der Waals surface area contributed by atoms with E-state index in [9.17, 15) is 39.6 Å². The number of nitrogens with one attached hydrogen (secondary N) is 2. The van der Waals surface area contributed by atoms with E-state index in [1.54, 1.807) is 0 Å². The summed E-state index contributed by atoms with van der Waals surface area (Å²) in [7, 11) is -4.43. The van der Waals surface area contributed by atoms with Gasteiger partial charge < -0.3 is 14.5 Å². The van der Waals surface area contributed by atoms with Gasteiger partial charge in [-0.3, -0.25) is 10.0 Å². The van der Waals surface area contributed by atoms with Crippen LogP contribution in [0, 0.1) is 0 Å². The Hall–Kier alpha value is -3.57. The highest BCUT2D eigenvalue weighted by atomic mass is 32.2. The lowest BCUT2D eigenvalue weighted by molar-refractivity contribution is -0.274. The fraction of sp³-hybridized carbons (Fsp3) is 0.333. The van der Waals surface area contributed by atoms with Gasteiger partial charge in [0.05, 0.1) is 21.5 Å². The molecule has 1 aliphatic rings. The zero-order chi connectivity index (χ0) is 27.9. The molecule has 206 valence electrons. The molecule has 0 saturated carbocycles. The van der Waals surface area contributed by atoms with E-state index in [2.05, 4.69) is 9.72 Å². The number of nitrogens with zero attached hydrogens (tertiary/aromatic N) is 2. The van der Waals surface area contributed by atoms with Crippen LogP contribution >= 0.6 is 0 Å². The Balaban J connectivity index is 1.52. The summed E-state index contributed by atoms with van der Waals surface area (Å²) in [6, 6.07) is 6.58. The molecule has 1 aromatic heterocycles. The number of H-pyrrole nitrogens is 1. The van der Waals surface area contributed by atoms with Crippen LogP contribution < -0.4 is 15.0 Å². The van der Waals surface area contributed by atoms with Gasteiger partial charge in [-0.15, -0.1) is 13.2 Å². The summed E-state index contributed by atoms with van der Waals surface area (Å²) >= 11 is 0. The van der Waals surface area contributed by atoms with Crippen molar-refractivity contribution in [3.63, 3.8) is 0 Å². The standard InChI is InChI=1S/C21H18F6N4O6S/c22-20(23,24)19-28-14-5-6-15(16(17(14)29-19)18(32)30-33)38(34,35)31-9-7-12(8-10-31)36-11-1-3-13(4-2-11)37-21(25,26)27/h1-6,12,33H,7-10H2,(H,28,29)(H,30,32). The first kappa shape index (κ1) is 27.5. The van der Waals surface area contributed by atoms with E-state index in [4.69, 9.17) is 9.94 Å². The quantitative estimate of drug-likeness (QED) is 0.234. The Morgan fingerprint density at radius 3 is 2.18 bits per heavy atom. The molecule has 4 rings (SSSR count). The van der Waals surface area contributed by atoms with E-state index in [1.165, 1.54) is 17.6 Å². The van der Waals surface area contributed by atoms with Crippen LogP contribution in [0.5, 0.6) is 11.5 Å². The lowest BCUT2D eigenvalue weighted by Gasteiger charge is -2.31. The number of hydroxylamine groups is 1. The Labute approximate surface area is 210 Å². The van der Waals surface area contributed by atoms with Crippen LogP contribution in [0.3, 0.4) is 0 Å². The number of amides is 1. The number of alkyl halides is 6. The summed E-state index contributed by atoms with van der Waals surface area (Å²) in [5, 5.41) is 9.12. The summed E-state index contributed by atoms with van der Waals surface area (Å²) in [5.74, 6) is -3.02. The van der Waals surface area contributed by atoms with Gasteiger partial charge >= 0.3 is 12.5 Å². The lowest BCUT2D eigenvalue weighted by Crippen LogP contribution is -2.42. The molecule has 1 amide bonds. The first-order valence-electron chi connectivity index (χ1n) is 10.8. The predicted molar refractivity (Wildman–Crippen MR) is 116 cm³/mol. The van der Waals surface area contributed by atoms with Gasteiger partial charge in [0, 0.05) is 13.1 Å². The van der Waals surface area contributed by atoms with Crippen molar-refractivity contribution in [3.8, 4) is 11.5 Å². The molecule has 0 aliphatic carbocycles. The zero-order valence-electron chi connectivity index (χ0n) is 18.9. The summed E-state index contributed by atoms with van der Waals surface area (Å²) in [5.41, 5.74) is -0.364. The zero-order valence-corrected chi connectivity index (χ0v) is 19.7. The molecule has 2 aromatic carbocycles. The Kier molecular flexibility index (Phi) is 7.19. The van der Waals surface area contributed by atoms with Gasteiger partial charge in [-0.25, -0.2) is 18.9 Å². The van der Waals surface area contributed by atoms with Gasteiger partial charge in [0.15, 0.2) is 0 Å². The van der Waals surface area contributed by atoms with E-state index < -0.39 is 62.1 Å². The Morgan fingerprint density at radius 2 is 1.63 bits per heavy atom. The number of benzene rings is 2. The molecule has 3 N–H and O–H groups in total. The van der Waals surface area contributed by atoms with Gasteiger partial charge in [0.2, 0.25) is 15.8 Å². The number of hydrogen-bond donors (Lipinski definition) is 3. The average molecular weight is 568 g/mol. The molecular formula is C21H18F6N4O6S. The lowest BCUT2D eigenvalue weighted by atomic mass is 10.1. The van der Waals surface area contributed by atoms with Crippen LogP contribution in [0.4, 0.5) is 26.3 Å². The predicted octanol–water partition coefficient (Wildman–Crippen LogP) is 3.83. The number of fused-ring (bicyclic) bond motifs is 1. The topological polar surface area (TPSA) is 134 Å². The van der Waals surface area contributed by atoms with E-state index >= 15 is 0 Å². The molecule has 3 aromatic rings. The van der Waals surface area contributed by atoms with Gasteiger partial charge in [-0.1, -0.05) is 0 Å².